The molecule has 6 heteroatoms. The van der Waals surface area contributed by atoms with Crippen LogP contribution < -0.4 is 15.5 Å². The minimum Gasteiger partial charge on any atom is -0.390 e. The second-order valence-electron chi connectivity index (χ2n) is 4.21. The molecule has 1 heterocycles. The Bertz CT molecular complexity index is 453. The van der Waals surface area contributed by atoms with Crippen molar-refractivity contribution in [1.29, 1.82) is 0 Å². The largest absolute Gasteiger partial charge is 0.390 e. The van der Waals surface area contributed by atoms with E-state index in [1.54, 1.807) is 11.9 Å². The van der Waals surface area contributed by atoms with Gasteiger partial charge in [0.2, 0.25) is 0 Å². The monoisotopic (exact) mass is 269 g/mol. The molecular weight excluding hydrogens is 254 g/mol. The maximum atomic E-state index is 11.5. The zero-order chi connectivity index (χ0) is 13.1. The topological polar surface area (TPSA) is 64.6 Å². The number of benzene rings is 1. The van der Waals surface area contributed by atoms with Gasteiger partial charge >= 0.3 is 6.03 Å². The number of urea groups is 1. The fourth-order valence-corrected chi connectivity index (χ4v) is 2.02. The first-order valence-electron chi connectivity index (χ1n) is 5.75. The number of carbonyl (C=O) groups is 1. The molecule has 0 saturated carbocycles. The van der Waals surface area contributed by atoms with Crippen LogP contribution in [0, 0.1) is 0 Å². The molecule has 5 nitrogen and oxygen atoms in total. The minimum absolute atomic E-state index is 0.111. The zero-order valence-electron chi connectivity index (χ0n) is 10.1. The lowest BCUT2D eigenvalue weighted by Gasteiger charge is -2.28. The van der Waals surface area contributed by atoms with E-state index in [1.165, 1.54) is 0 Å². The number of fused-ring (bicyclic) bond motifs is 1. The van der Waals surface area contributed by atoms with Gasteiger partial charge in [-0.05, 0) is 12.1 Å². The van der Waals surface area contributed by atoms with Crippen LogP contribution in [0.5, 0.6) is 0 Å². The molecule has 1 aliphatic heterocycles. The van der Waals surface area contributed by atoms with E-state index in [-0.39, 0.29) is 11.9 Å². The van der Waals surface area contributed by atoms with Crippen molar-refractivity contribution >= 4 is 29.0 Å². The number of nitrogens with one attached hydrogen (secondary N) is 2. The number of rotatable bonds is 4. The van der Waals surface area contributed by atoms with E-state index < -0.39 is 6.10 Å². The third-order valence-electron chi connectivity index (χ3n) is 2.94. The number of hydrogen-bond donors (Lipinski definition) is 3. The van der Waals surface area contributed by atoms with Crippen molar-refractivity contribution in [1.82, 2.24) is 5.32 Å². The third kappa shape index (κ3) is 2.52. The molecule has 3 N–H and O–H groups in total. The lowest BCUT2D eigenvalue weighted by Crippen LogP contribution is -2.41. The second kappa shape index (κ2) is 5.46. The molecule has 0 spiro atoms. The number of anilines is 2. The van der Waals surface area contributed by atoms with Crippen LogP contribution in [-0.4, -0.2) is 36.7 Å². The molecule has 18 heavy (non-hydrogen) atoms. The molecule has 2 amide bonds. The summed E-state index contributed by atoms with van der Waals surface area (Å²) in [5, 5.41) is 15.4. The molecule has 1 aromatic carbocycles. The molecule has 1 aromatic rings. The third-order valence-corrected chi connectivity index (χ3v) is 3.30. The molecule has 1 atom stereocenters. The minimum atomic E-state index is -0.585. The van der Waals surface area contributed by atoms with Gasteiger partial charge in [0.05, 0.1) is 17.7 Å². The van der Waals surface area contributed by atoms with Gasteiger partial charge in [-0.2, -0.15) is 0 Å². The van der Waals surface area contributed by atoms with Crippen LogP contribution in [0.2, 0.25) is 0 Å². The molecule has 2 rings (SSSR count). The Balaban J connectivity index is 2.20. The molecule has 1 unspecified atom stereocenters. The quantitative estimate of drug-likeness (QED) is 0.723. The number of aliphatic hydroxyl groups is 1. The van der Waals surface area contributed by atoms with Gasteiger partial charge in [0.15, 0.2) is 0 Å². The number of hydrogen-bond acceptors (Lipinski definition) is 3. The summed E-state index contributed by atoms with van der Waals surface area (Å²) in [6.45, 7) is 0.871. The highest BCUT2D eigenvalue weighted by Crippen LogP contribution is 2.29. The molecule has 0 aliphatic carbocycles. The normalized spacial score (nSPS) is 15.9. The van der Waals surface area contributed by atoms with Crippen molar-refractivity contribution in [3.63, 3.8) is 0 Å². The summed E-state index contributed by atoms with van der Waals surface area (Å²) in [6.07, 6.45) is -0.585. The molecule has 0 radical (unpaired) electrons. The van der Waals surface area contributed by atoms with E-state index in [0.717, 1.165) is 16.9 Å². The molecular formula is C12H16ClN3O2. The van der Waals surface area contributed by atoms with Gasteiger partial charge in [-0.25, -0.2) is 4.79 Å². The average Bonchev–Trinajstić information content (AvgIpc) is 2.40. The number of carbonyl (C=O) groups excluding carboxylic acids is 1. The van der Waals surface area contributed by atoms with E-state index in [2.05, 4.69) is 10.6 Å². The number of alkyl halides is 1. The Morgan fingerprint density at radius 3 is 3.11 bits per heavy atom. The summed E-state index contributed by atoms with van der Waals surface area (Å²) in [4.78, 5) is 13.1. The SMILES string of the molecule is CN1C(=O)NCc2c(NCC(O)CCl)cccc21. The lowest BCUT2D eigenvalue weighted by atomic mass is 10.1. The Hall–Kier alpha value is -1.46. The summed E-state index contributed by atoms with van der Waals surface area (Å²) in [5.74, 6) is 0.193. The van der Waals surface area contributed by atoms with Crippen molar-refractivity contribution < 1.29 is 9.90 Å². The van der Waals surface area contributed by atoms with Gasteiger partial charge in [-0.15, -0.1) is 11.6 Å². The number of halogens is 1. The Labute approximate surface area is 111 Å². The first-order valence-corrected chi connectivity index (χ1v) is 6.28. The van der Waals surface area contributed by atoms with Gasteiger partial charge < -0.3 is 15.7 Å². The molecule has 0 saturated heterocycles. The van der Waals surface area contributed by atoms with E-state index in [4.69, 9.17) is 11.6 Å². The van der Waals surface area contributed by atoms with Crippen molar-refractivity contribution in [2.75, 3.05) is 29.7 Å². The average molecular weight is 270 g/mol. The summed E-state index contributed by atoms with van der Waals surface area (Å²) in [6, 6.07) is 5.59. The summed E-state index contributed by atoms with van der Waals surface area (Å²) < 4.78 is 0. The van der Waals surface area contributed by atoms with Crippen molar-refractivity contribution in [2.24, 2.45) is 0 Å². The van der Waals surface area contributed by atoms with Crippen LogP contribution in [0.3, 0.4) is 0 Å². The molecule has 0 fully saturated rings. The Kier molecular flexibility index (Phi) is 3.93. The molecule has 0 bridgehead atoms. The van der Waals surface area contributed by atoms with Crippen molar-refractivity contribution in [3.05, 3.63) is 23.8 Å². The van der Waals surface area contributed by atoms with Crippen LogP contribution >= 0.6 is 11.6 Å². The smallest absolute Gasteiger partial charge is 0.321 e. The van der Waals surface area contributed by atoms with E-state index in [0.29, 0.717) is 13.1 Å². The summed E-state index contributed by atoms with van der Waals surface area (Å²) >= 11 is 5.55. The van der Waals surface area contributed by atoms with Crippen molar-refractivity contribution in [3.8, 4) is 0 Å². The van der Waals surface area contributed by atoms with Crippen LogP contribution in [0.15, 0.2) is 18.2 Å². The number of aliphatic hydroxyl groups excluding tert-OH is 1. The summed E-state index contributed by atoms with van der Waals surface area (Å²) in [5.41, 5.74) is 2.80. The first-order chi connectivity index (χ1) is 8.63. The maximum absolute atomic E-state index is 11.5. The highest BCUT2D eigenvalue weighted by molar-refractivity contribution is 6.18. The van der Waals surface area contributed by atoms with Gasteiger partial charge in [0.1, 0.15) is 0 Å². The van der Waals surface area contributed by atoms with Crippen LogP contribution in [0.4, 0.5) is 16.2 Å². The highest BCUT2D eigenvalue weighted by atomic mass is 35.5. The predicted molar refractivity (Wildman–Crippen MR) is 72.3 cm³/mol. The molecule has 98 valence electrons. The van der Waals surface area contributed by atoms with Gasteiger partial charge in [0.25, 0.3) is 0 Å². The highest BCUT2D eigenvalue weighted by Gasteiger charge is 2.22. The van der Waals surface area contributed by atoms with Gasteiger partial charge in [0, 0.05) is 31.4 Å². The first kappa shape index (κ1) is 13.0. The molecule has 0 aromatic heterocycles. The van der Waals surface area contributed by atoms with E-state index >= 15 is 0 Å². The molecule has 1 aliphatic rings. The zero-order valence-corrected chi connectivity index (χ0v) is 10.9. The Morgan fingerprint density at radius 2 is 2.39 bits per heavy atom. The van der Waals surface area contributed by atoms with Crippen molar-refractivity contribution in [2.45, 2.75) is 12.6 Å². The van der Waals surface area contributed by atoms with Crippen LogP contribution in [-0.2, 0) is 6.54 Å². The number of amides is 2. The standard InChI is InChI=1S/C12H16ClN3O2/c1-16-11-4-2-3-10(14-6-8(17)5-13)9(11)7-15-12(16)18/h2-4,8,14,17H,5-7H2,1H3,(H,15,18). The second-order valence-corrected chi connectivity index (χ2v) is 4.52. The lowest BCUT2D eigenvalue weighted by molar-refractivity contribution is 0.211. The van der Waals surface area contributed by atoms with Crippen LogP contribution in [0.25, 0.3) is 0 Å². The fraction of sp³-hybridized carbons (Fsp3) is 0.417. The van der Waals surface area contributed by atoms with E-state index in [1.807, 2.05) is 18.2 Å². The number of nitrogens with zero attached hydrogens (tertiary/aromatic N) is 1. The maximum Gasteiger partial charge on any atom is 0.321 e. The van der Waals surface area contributed by atoms with Gasteiger partial charge in [-0.3, -0.25) is 4.90 Å². The Morgan fingerprint density at radius 1 is 1.61 bits per heavy atom. The van der Waals surface area contributed by atoms with Crippen LogP contribution in [0.1, 0.15) is 5.56 Å². The predicted octanol–water partition coefficient (Wildman–Crippen LogP) is 1.36. The summed E-state index contributed by atoms with van der Waals surface area (Å²) in [7, 11) is 1.73. The fourth-order valence-electron chi connectivity index (χ4n) is 1.91. The van der Waals surface area contributed by atoms with E-state index in [9.17, 15) is 9.90 Å². The van der Waals surface area contributed by atoms with Gasteiger partial charge in [-0.1, -0.05) is 6.07 Å².